The normalized spacial score (nSPS) is 23.3. The standard InChI is InChI=1S/C10H19O2.Li/c1-2-8-10(11,12)9-6-4-3-5-7-9;/h9,11H,2-8H2,1H3;/q-1;+1. The van der Waals surface area contributed by atoms with Crippen LogP contribution in [0.3, 0.4) is 0 Å². The molecule has 0 aliphatic heterocycles. The van der Waals surface area contributed by atoms with Crippen molar-refractivity contribution in [1.29, 1.82) is 0 Å². The maximum Gasteiger partial charge on any atom is 1.00 e. The zero-order valence-electron chi connectivity index (χ0n) is 8.88. The van der Waals surface area contributed by atoms with Gasteiger partial charge in [0.2, 0.25) is 0 Å². The Labute approximate surface area is 92.9 Å². The molecule has 1 unspecified atom stereocenters. The molecular weight excluding hydrogens is 159 g/mol. The average molecular weight is 178 g/mol. The van der Waals surface area contributed by atoms with E-state index in [9.17, 15) is 10.2 Å². The van der Waals surface area contributed by atoms with E-state index in [4.69, 9.17) is 0 Å². The summed E-state index contributed by atoms with van der Waals surface area (Å²) in [6.07, 6.45) is 6.55. The Kier molecular flexibility index (Phi) is 6.33. The molecule has 1 rings (SSSR count). The van der Waals surface area contributed by atoms with E-state index in [0.717, 1.165) is 32.1 Å². The third-order valence-electron chi connectivity index (χ3n) is 2.85. The van der Waals surface area contributed by atoms with Crippen LogP contribution in [0.15, 0.2) is 0 Å². The Hall–Kier alpha value is 0.517. The minimum Gasteiger partial charge on any atom is -0.829 e. The number of aliphatic hydroxyl groups is 1. The molecule has 0 radical (unpaired) electrons. The molecule has 1 aliphatic carbocycles. The first-order valence-electron chi connectivity index (χ1n) is 5.09. The van der Waals surface area contributed by atoms with Gasteiger partial charge in [-0.2, -0.15) is 0 Å². The topological polar surface area (TPSA) is 43.3 Å². The Balaban J connectivity index is 0.00000144. The summed E-state index contributed by atoms with van der Waals surface area (Å²) in [6.45, 7) is 1.95. The number of hydrogen-bond acceptors (Lipinski definition) is 2. The molecule has 3 heteroatoms. The second-order valence-corrected chi connectivity index (χ2v) is 3.93. The van der Waals surface area contributed by atoms with Crippen LogP contribution in [0.1, 0.15) is 51.9 Å². The molecule has 2 nitrogen and oxygen atoms in total. The first-order chi connectivity index (χ1) is 5.67. The average Bonchev–Trinajstić information content (AvgIpc) is 2.06. The maximum atomic E-state index is 11.6. The van der Waals surface area contributed by atoms with Crippen molar-refractivity contribution in [2.24, 2.45) is 5.92 Å². The van der Waals surface area contributed by atoms with Crippen LogP contribution in [-0.2, 0) is 0 Å². The van der Waals surface area contributed by atoms with E-state index in [2.05, 4.69) is 0 Å². The van der Waals surface area contributed by atoms with Gasteiger partial charge in [-0.3, -0.25) is 0 Å². The van der Waals surface area contributed by atoms with Gasteiger partial charge in [0.25, 0.3) is 0 Å². The van der Waals surface area contributed by atoms with Gasteiger partial charge in [-0.1, -0.05) is 32.6 Å². The van der Waals surface area contributed by atoms with E-state index in [0.29, 0.717) is 6.42 Å². The molecular formula is C10H19LiO2. The third-order valence-corrected chi connectivity index (χ3v) is 2.85. The van der Waals surface area contributed by atoms with Crippen LogP contribution in [0, 0.1) is 5.92 Å². The van der Waals surface area contributed by atoms with E-state index in [1.165, 1.54) is 6.42 Å². The van der Waals surface area contributed by atoms with Crippen LogP contribution in [0.4, 0.5) is 0 Å². The fraction of sp³-hybridized carbons (Fsp3) is 1.00. The number of hydrogen-bond donors (Lipinski definition) is 1. The Morgan fingerprint density at radius 3 is 2.31 bits per heavy atom. The van der Waals surface area contributed by atoms with Crippen molar-refractivity contribution in [3.8, 4) is 0 Å². The van der Waals surface area contributed by atoms with Gasteiger partial charge >= 0.3 is 18.9 Å². The van der Waals surface area contributed by atoms with Gasteiger partial charge in [0.15, 0.2) is 0 Å². The largest absolute Gasteiger partial charge is 1.00 e. The van der Waals surface area contributed by atoms with Crippen molar-refractivity contribution in [3.63, 3.8) is 0 Å². The van der Waals surface area contributed by atoms with Gasteiger partial charge in [-0.25, -0.2) is 0 Å². The number of rotatable bonds is 3. The Morgan fingerprint density at radius 1 is 1.31 bits per heavy atom. The maximum absolute atomic E-state index is 11.6. The smallest absolute Gasteiger partial charge is 0.829 e. The molecule has 13 heavy (non-hydrogen) atoms. The molecule has 0 aromatic carbocycles. The van der Waals surface area contributed by atoms with Gasteiger partial charge in [0.05, 0.1) is 0 Å². The van der Waals surface area contributed by atoms with E-state index >= 15 is 0 Å². The zero-order chi connectivity index (χ0) is 9.03. The van der Waals surface area contributed by atoms with E-state index in [-0.39, 0.29) is 24.8 Å². The minimum absolute atomic E-state index is 0. The van der Waals surface area contributed by atoms with Gasteiger partial charge in [-0.15, -0.1) is 0 Å². The van der Waals surface area contributed by atoms with Crippen molar-refractivity contribution in [2.45, 2.75) is 57.7 Å². The summed E-state index contributed by atoms with van der Waals surface area (Å²) < 4.78 is 0. The van der Waals surface area contributed by atoms with Crippen molar-refractivity contribution in [1.82, 2.24) is 0 Å². The van der Waals surface area contributed by atoms with Crippen LogP contribution in [-0.4, -0.2) is 10.9 Å². The molecule has 0 aromatic heterocycles. The van der Waals surface area contributed by atoms with Gasteiger partial charge in [0.1, 0.15) is 0 Å². The molecule has 1 aliphatic rings. The van der Waals surface area contributed by atoms with E-state index < -0.39 is 5.79 Å². The van der Waals surface area contributed by atoms with Gasteiger partial charge in [0, 0.05) is 0 Å². The predicted molar refractivity (Wildman–Crippen MR) is 46.4 cm³/mol. The SMILES string of the molecule is CCCC([O-])(O)C1CCCCC1.[Li+]. The first kappa shape index (κ1) is 13.5. The quantitative estimate of drug-likeness (QED) is 0.418. The fourth-order valence-electron chi connectivity index (χ4n) is 2.12. The summed E-state index contributed by atoms with van der Waals surface area (Å²) in [4.78, 5) is 0. The first-order valence-corrected chi connectivity index (χ1v) is 5.09. The molecule has 1 atom stereocenters. The van der Waals surface area contributed by atoms with Crippen molar-refractivity contribution < 1.29 is 29.1 Å². The molecule has 1 fully saturated rings. The summed E-state index contributed by atoms with van der Waals surface area (Å²) in [5.41, 5.74) is 0. The zero-order valence-corrected chi connectivity index (χ0v) is 8.88. The van der Waals surface area contributed by atoms with E-state index in [1.807, 2.05) is 6.92 Å². The van der Waals surface area contributed by atoms with Crippen LogP contribution in [0.2, 0.25) is 0 Å². The molecule has 1 N–H and O–H groups in total. The molecule has 0 saturated heterocycles. The third kappa shape index (κ3) is 4.04. The summed E-state index contributed by atoms with van der Waals surface area (Å²) in [5, 5.41) is 21.2. The van der Waals surface area contributed by atoms with Crippen molar-refractivity contribution >= 4 is 0 Å². The molecule has 72 valence electrons. The second-order valence-electron chi connectivity index (χ2n) is 3.93. The monoisotopic (exact) mass is 178 g/mol. The molecule has 0 bridgehead atoms. The molecule has 1 saturated carbocycles. The van der Waals surface area contributed by atoms with Crippen LogP contribution in [0.25, 0.3) is 0 Å². The van der Waals surface area contributed by atoms with Gasteiger partial charge < -0.3 is 10.2 Å². The van der Waals surface area contributed by atoms with Crippen LogP contribution < -0.4 is 24.0 Å². The fourth-order valence-corrected chi connectivity index (χ4v) is 2.12. The van der Waals surface area contributed by atoms with E-state index in [1.54, 1.807) is 0 Å². The molecule has 0 amide bonds. The van der Waals surface area contributed by atoms with Crippen molar-refractivity contribution in [3.05, 3.63) is 0 Å². The predicted octanol–water partition coefficient (Wildman–Crippen LogP) is -1.58. The molecule has 0 spiro atoms. The summed E-state index contributed by atoms with van der Waals surface area (Å²) >= 11 is 0. The minimum atomic E-state index is -1.63. The second kappa shape index (κ2) is 6.09. The van der Waals surface area contributed by atoms with Crippen molar-refractivity contribution in [2.75, 3.05) is 0 Å². The molecule has 0 heterocycles. The van der Waals surface area contributed by atoms with Gasteiger partial charge in [-0.05, 0) is 31.0 Å². The molecule has 0 aromatic rings. The Morgan fingerprint density at radius 2 is 1.85 bits per heavy atom. The van der Waals surface area contributed by atoms with Crippen LogP contribution in [0.5, 0.6) is 0 Å². The van der Waals surface area contributed by atoms with Crippen LogP contribution >= 0.6 is 0 Å². The summed E-state index contributed by atoms with van der Waals surface area (Å²) in [7, 11) is 0. The summed E-state index contributed by atoms with van der Waals surface area (Å²) in [6, 6.07) is 0. The summed E-state index contributed by atoms with van der Waals surface area (Å²) in [5.74, 6) is -1.61. The Bertz CT molecular complexity index is 131.